The van der Waals surface area contributed by atoms with Crippen LogP contribution in [0.1, 0.15) is 27.0 Å². The minimum Gasteiger partial charge on any atom is -0.399 e. The van der Waals surface area contributed by atoms with E-state index < -0.39 is 0 Å². The number of carbonyl (C=O) groups excluding carboxylic acids is 1. The Hall–Kier alpha value is -2.33. The zero-order valence-corrected chi connectivity index (χ0v) is 11.9. The predicted octanol–water partition coefficient (Wildman–Crippen LogP) is 1.93. The van der Waals surface area contributed by atoms with Crippen LogP contribution in [0.3, 0.4) is 0 Å². The van der Waals surface area contributed by atoms with Crippen molar-refractivity contribution in [3.05, 3.63) is 64.7 Å². The molecule has 4 heteroatoms. The Morgan fingerprint density at radius 1 is 1.14 bits per heavy atom. The highest BCUT2D eigenvalue weighted by molar-refractivity contribution is 5.92. The fourth-order valence-electron chi connectivity index (χ4n) is 2.85. The summed E-state index contributed by atoms with van der Waals surface area (Å²) < 4.78 is 0. The molecule has 1 aliphatic heterocycles. The minimum absolute atomic E-state index is 0.381. The van der Waals surface area contributed by atoms with Crippen LogP contribution in [0.5, 0.6) is 0 Å². The van der Waals surface area contributed by atoms with Crippen LogP contribution in [-0.4, -0.2) is 17.4 Å². The maximum absolute atomic E-state index is 11.2. The second kappa shape index (κ2) is 5.58. The number of anilines is 1. The Morgan fingerprint density at radius 3 is 2.81 bits per heavy atom. The minimum atomic E-state index is -0.381. The number of nitrogen functional groups attached to an aromatic ring is 1. The van der Waals surface area contributed by atoms with E-state index in [2.05, 4.69) is 17.0 Å². The van der Waals surface area contributed by atoms with Crippen molar-refractivity contribution in [2.45, 2.75) is 19.5 Å². The maximum Gasteiger partial charge on any atom is 0.248 e. The number of primary amides is 1. The van der Waals surface area contributed by atoms with Crippen LogP contribution in [-0.2, 0) is 19.5 Å². The van der Waals surface area contributed by atoms with Gasteiger partial charge in [-0.2, -0.15) is 0 Å². The fraction of sp³-hybridized carbons (Fsp3) is 0.235. The van der Waals surface area contributed by atoms with Crippen LogP contribution in [0, 0.1) is 0 Å². The Bertz CT molecular complexity index is 681. The molecule has 0 unspecified atom stereocenters. The van der Waals surface area contributed by atoms with E-state index in [0.717, 1.165) is 37.3 Å². The SMILES string of the molecule is NC(=O)c1cccc(CN2CCc3ccc(N)cc3C2)c1. The highest BCUT2D eigenvalue weighted by Gasteiger charge is 2.16. The summed E-state index contributed by atoms with van der Waals surface area (Å²) in [4.78, 5) is 13.6. The molecule has 0 aliphatic carbocycles. The van der Waals surface area contributed by atoms with E-state index >= 15 is 0 Å². The summed E-state index contributed by atoms with van der Waals surface area (Å²) in [6.07, 6.45) is 1.03. The molecule has 0 saturated carbocycles. The lowest BCUT2D eigenvalue weighted by Crippen LogP contribution is -2.30. The lowest BCUT2D eigenvalue weighted by molar-refractivity contribution is 0.1000. The Morgan fingerprint density at radius 2 is 2.00 bits per heavy atom. The van der Waals surface area contributed by atoms with Gasteiger partial charge in [-0.15, -0.1) is 0 Å². The topological polar surface area (TPSA) is 72.4 Å². The van der Waals surface area contributed by atoms with E-state index in [1.54, 1.807) is 6.07 Å². The normalized spacial score (nSPS) is 14.7. The van der Waals surface area contributed by atoms with Gasteiger partial charge in [0.1, 0.15) is 0 Å². The molecule has 0 fully saturated rings. The standard InChI is InChI=1S/C17H19N3O/c18-16-5-4-13-6-7-20(11-15(13)9-16)10-12-2-1-3-14(8-12)17(19)21/h1-5,8-9H,6-7,10-11,18H2,(H2,19,21). The van der Waals surface area contributed by atoms with Gasteiger partial charge < -0.3 is 11.5 Å². The zero-order valence-electron chi connectivity index (χ0n) is 11.9. The monoisotopic (exact) mass is 281 g/mol. The van der Waals surface area contributed by atoms with Gasteiger partial charge in [0.15, 0.2) is 0 Å². The molecule has 0 saturated heterocycles. The van der Waals surface area contributed by atoms with E-state index in [4.69, 9.17) is 11.5 Å². The van der Waals surface area contributed by atoms with Gasteiger partial charge in [0.05, 0.1) is 0 Å². The van der Waals surface area contributed by atoms with E-state index in [-0.39, 0.29) is 5.91 Å². The highest BCUT2D eigenvalue weighted by Crippen LogP contribution is 2.22. The van der Waals surface area contributed by atoms with Crippen molar-refractivity contribution in [3.63, 3.8) is 0 Å². The van der Waals surface area contributed by atoms with Crippen molar-refractivity contribution in [1.29, 1.82) is 0 Å². The molecule has 3 rings (SSSR count). The highest BCUT2D eigenvalue weighted by atomic mass is 16.1. The van der Waals surface area contributed by atoms with Crippen molar-refractivity contribution in [2.75, 3.05) is 12.3 Å². The second-order valence-corrected chi connectivity index (χ2v) is 5.55. The molecule has 4 N–H and O–H groups in total. The van der Waals surface area contributed by atoms with Crippen molar-refractivity contribution in [3.8, 4) is 0 Å². The average molecular weight is 281 g/mol. The Labute approximate surface area is 124 Å². The van der Waals surface area contributed by atoms with Gasteiger partial charge in [-0.3, -0.25) is 9.69 Å². The molecule has 1 heterocycles. The molecular weight excluding hydrogens is 262 g/mol. The summed E-state index contributed by atoms with van der Waals surface area (Å²) in [5.74, 6) is -0.381. The van der Waals surface area contributed by atoms with Gasteiger partial charge in [0, 0.05) is 30.9 Å². The first kappa shape index (κ1) is 13.6. The van der Waals surface area contributed by atoms with Crippen LogP contribution < -0.4 is 11.5 Å². The number of fused-ring (bicyclic) bond motifs is 1. The van der Waals surface area contributed by atoms with Crippen LogP contribution in [0.4, 0.5) is 5.69 Å². The molecule has 0 spiro atoms. The van der Waals surface area contributed by atoms with Crippen molar-refractivity contribution >= 4 is 11.6 Å². The third kappa shape index (κ3) is 3.06. The van der Waals surface area contributed by atoms with Gasteiger partial charge in [-0.05, 0) is 47.4 Å². The number of benzene rings is 2. The van der Waals surface area contributed by atoms with Crippen LogP contribution in [0.25, 0.3) is 0 Å². The van der Waals surface area contributed by atoms with Gasteiger partial charge in [-0.25, -0.2) is 0 Å². The summed E-state index contributed by atoms with van der Waals surface area (Å²) >= 11 is 0. The molecule has 4 nitrogen and oxygen atoms in total. The van der Waals surface area contributed by atoms with Gasteiger partial charge in [0.25, 0.3) is 0 Å². The third-order valence-corrected chi connectivity index (χ3v) is 3.94. The number of carbonyl (C=O) groups is 1. The predicted molar refractivity (Wildman–Crippen MR) is 83.6 cm³/mol. The molecule has 0 atom stereocenters. The Kier molecular flexibility index (Phi) is 3.62. The van der Waals surface area contributed by atoms with Gasteiger partial charge >= 0.3 is 0 Å². The van der Waals surface area contributed by atoms with Crippen LogP contribution in [0.15, 0.2) is 42.5 Å². The molecular formula is C17H19N3O. The number of rotatable bonds is 3. The summed E-state index contributed by atoms with van der Waals surface area (Å²) in [7, 11) is 0. The molecule has 108 valence electrons. The second-order valence-electron chi connectivity index (χ2n) is 5.55. The average Bonchev–Trinajstić information content (AvgIpc) is 2.47. The first-order valence-corrected chi connectivity index (χ1v) is 7.10. The quantitative estimate of drug-likeness (QED) is 0.844. The summed E-state index contributed by atoms with van der Waals surface area (Å²) in [6.45, 7) is 2.72. The smallest absolute Gasteiger partial charge is 0.248 e. The number of hydrogen-bond donors (Lipinski definition) is 2. The molecule has 0 radical (unpaired) electrons. The lowest BCUT2D eigenvalue weighted by atomic mass is 9.98. The molecule has 1 amide bonds. The molecule has 21 heavy (non-hydrogen) atoms. The van der Waals surface area contributed by atoms with Gasteiger partial charge in [-0.1, -0.05) is 18.2 Å². The molecule has 2 aromatic rings. The molecule has 0 bridgehead atoms. The Balaban J connectivity index is 1.75. The summed E-state index contributed by atoms with van der Waals surface area (Å²) in [5, 5.41) is 0. The number of nitrogens with two attached hydrogens (primary N) is 2. The van der Waals surface area contributed by atoms with E-state index in [1.165, 1.54) is 11.1 Å². The van der Waals surface area contributed by atoms with Crippen molar-refractivity contribution in [2.24, 2.45) is 5.73 Å². The van der Waals surface area contributed by atoms with E-state index in [0.29, 0.717) is 5.56 Å². The maximum atomic E-state index is 11.2. The van der Waals surface area contributed by atoms with Crippen molar-refractivity contribution in [1.82, 2.24) is 4.90 Å². The first-order valence-electron chi connectivity index (χ1n) is 7.10. The largest absolute Gasteiger partial charge is 0.399 e. The molecule has 0 aromatic heterocycles. The van der Waals surface area contributed by atoms with Crippen LogP contribution >= 0.6 is 0 Å². The fourth-order valence-corrected chi connectivity index (χ4v) is 2.85. The summed E-state index contributed by atoms with van der Waals surface area (Å²) in [6, 6.07) is 13.7. The van der Waals surface area contributed by atoms with Gasteiger partial charge in [0.2, 0.25) is 5.91 Å². The number of nitrogens with zero attached hydrogens (tertiary/aromatic N) is 1. The molecule has 1 aliphatic rings. The third-order valence-electron chi connectivity index (χ3n) is 3.94. The van der Waals surface area contributed by atoms with Crippen LogP contribution in [0.2, 0.25) is 0 Å². The van der Waals surface area contributed by atoms with E-state index in [1.807, 2.05) is 24.3 Å². The van der Waals surface area contributed by atoms with E-state index in [9.17, 15) is 4.79 Å². The zero-order chi connectivity index (χ0) is 14.8. The van der Waals surface area contributed by atoms with Crippen molar-refractivity contribution < 1.29 is 4.79 Å². The number of amides is 1. The summed E-state index contributed by atoms with van der Waals surface area (Å²) in [5.41, 5.74) is 16.4. The first-order chi connectivity index (χ1) is 10.1. The lowest BCUT2D eigenvalue weighted by Gasteiger charge is -2.29. The number of hydrogen-bond acceptors (Lipinski definition) is 3. The molecule has 2 aromatic carbocycles.